The molecule has 2 aromatic carbocycles. The van der Waals surface area contributed by atoms with Gasteiger partial charge in [-0.25, -0.2) is 13.1 Å². The van der Waals surface area contributed by atoms with Gasteiger partial charge in [0.2, 0.25) is 16.8 Å². The van der Waals surface area contributed by atoms with E-state index in [1.165, 1.54) is 7.11 Å². The number of methoxy groups -OCH3 is 1. The molecule has 0 unspecified atom stereocenters. The first kappa shape index (κ1) is 16.6. The van der Waals surface area contributed by atoms with Crippen LogP contribution in [0.5, 0.6) is 17.2 Å². The Bertz CT molecular complexity index is 877. The number of benzene rings is 2. The van der Waals surface area contributed by atoms with Gasteiger partial charge >= 0.3 is 0 Å². The van der Waals surface area contributed by atoms with Gasteiger partial charge in [-0.2, -0.15) is 0 Å². The third kappa shape index (κ3) is 3.18. The Kier molecular flexibility index (Phi) is 4.38. The lowest BCUT2D eigenvalue weighted by molar-refractivity contribution is 0.174. The van der Waals surface area contributed by atoms with Crippen molar-refractivity contribution in [1.82, 2.24) is 4.72 Å². The number of sulfonamides is 1. The Hall–Kier alpha value is -2.25. The van der Waals surface area contributed by atoms with Gasteiger partial charge in [-0.05, 0) is 48.7 Å². The first-order valence-corrected chi connectivity index (χ1v) is 8.92. The van der Waals surface area contributed by atoms with Gasteiger partial charge in [0.05, 0.1) is 7.11 Å². The second-order valence-electron chi connectivity index (χ2n) is 5.63. The SMILES string of the molecule is COc1c(C)cc(C)cc1S(=O)(=O)NCc1ccc2c(c1)OCO2. The van der Waals surface area contributed by atoms with Gasteiger partial charge in [-0.3, -0.25) is 0 Å². The minimum Gasteiger partial charge on any atom is -0.495 e. The number of fused-ring (bicyclic) bond motifs is 1. The topological polar surface area (TPSA) is 73.9 Å². The average molecular weight is 349 g/mol. The molecule has 0 saturated carbocycles. The maximum atomic E-state index is 12.7. The molecule has 128 valence electrons. The highest BCUT2D eigenvalue weighted by atomic mass is 32.2. The minimum absolute atomic E-state index is 0.142. The summed E-state index contributed by atoms with van der Waals surface area (Å²) in [5.41, 5.74) is 2.42. The predicted octanol–water partition coefficient (Wildman–Crippen LogP) is 2.52. The summed E-state index contributed by atoms with van der Waals surface area (Å²) in [7, 11) is -2.24. The molecule has 0 saturated heterocycles. The van der Waals surface area contributed by atoms with Crippen molar-refractivity contribution < 1.29 is 22.6 Å². The van der Waals surface area contributed by atoms with Crippen LogP contribution < -0.4 is 18.9 Å². The van der Waals surface area contributed by atoms with Crippen molar-refractivity contribution in [3.05, 3.63) is 47.0 Å². The molecule has 3 rings (SSSR count). The minimum atomic E-state index is -3.71. The van der Waals surface area contributed by atoms with Crippen LogP contribution in [0.15, 0.2) is 35.2 Å². The van der Waals surface area contributed by atoms with Gasteiger partial charge in [-0.1, -0.05) is 12.1 Å². The lowest BCUT2D eigenvalue weighted by Gasteiger charge is -2.14. The Morgan fingerprint density at radius 1 is 1.12 bits per heavy atom. The lowest BCUT2D eigenvalue weighted by atomic mass is 10.1. The van der Waals surface area contributed by atoms with Crippen molar-refractivity contribution in [3.63, 3.8) is 0 Å². The van der Waals surface area contributed by atoms with Crippen LogP contribution in [0, 0.1) is 13.8 Å². The summed E-state index contributed by atoms with van der Waals surface area (Å²) in [6.45, 7) is 4.01. The Morgan fingerprint density at radius 2 is 1.88 bits per heavy atom. The van der Waals surface area contributed by atoms with E-state index in [9.17, 15) is 8.42 Å². The molecule has 1 aliphatic heterocycles. The van der Waals surface area contributed by atoms with Crippen LogP contribution in [0.2, 0.25) is 0 Å². The number of aryl methyl sites for hydroxylation is 2. The van der Waals surface area contributed by atoms with Gasteiger partial charge in [0, 0.05) is 6.54 Å². The van der Waals surface area contributed by atoms with Gasteiger partial charge in [0.1, 0.15) is 10.6 Å². The van der Waals surface area contributed by atoms with E-state index >= 15 is 0 Å². The monoisotopic (exact) mass is 349 g/mol. The summed E-state index contributed by atoms with van der Waals surface area (Å²) in [6, 6.07) is 8.82. The highest BCUT2D eigenvalue weighted by molar-refractivity contribution is 7.89. The maximum Gasteiger partial charge on any atom is 0.244 e. The van der Waals surface area contributed by atoms with Gasteiger partial charge in [-0.15, -0.1) is 0 Å². The predicted molar refractivity (Wildman–Crippen MR) is 89.1 cm³/mol. The number of hydrogen-bond acceptors (Lipinski definition) is 5. The molecule has 0 atom stereocenters. The summed E-state index contributed by atoms with van der Waals surface area (Å²) in [6.07, 6.45) is 0. The molecule has 0 bridgehead atoms. The molecule has 1 N–H and O–H groups in total. The zero-order chi connectivity index (χ0) is 17.3. The van der Waals surface area contributed by atoms with Crippen molar-refractivity contribution >= 4 is 10.0 Å². The number of ether oxygens (including phenoxy) is 3. The lowest BCUT2D eigenvalue weighted by Crippen LogP contribution is -2.24. The molecule has 0 spiro atoms. The average Bonchev–Trinajstić information content (AvgIpc) is 3.00. The molecule has 24 heavy (non-hydrogen) atoms. The van der Waals surface area contributed by atoms with E-state index < -0.39 is 10.0 Å². The summed E-state index contributed by atoms with van der Waals surface area (Å²) >= 11 is 0. The van der Waals surface area contributed by atoms with Crippen LogP contribution in [0.1, 0.15) is 16.7 Å². The largest absolute Gasteiger partial charge is 0.495 e. The second kappa shape index (κ2) is 6.33. The number of nitrogens with one attached hydrogen (secondary N) is 1. The van der Waals surface area contributed by atoms with E-state index in [2.05, 4.69) is 4.72 Å². The fourth-order valence-corrected chi connectivity index (χ4v) is 4.03. The van der Waals surface area contributed by atoms with Crippen LogP contribution in [0.4, 0.5) is 0 Å². The smallest absolute Gasteiger partial charge is 0.244 e. The molecule has 0 aromatic heterocycles. The van der Waals surface area contributed by atoms with E-state index in [0.29, 0.717) is 17.2 Å². The Balaban J connectivity index is 1.84. The molecule has 1 aliphatic rings. The molecule has 6 nitrogen and oxygen atoms in total. The van der Waals surface area contributed by atoms with Crippen LogP contribution >= 0.6 is 0 Å². The van der Waals surface area contributed by atoms with Crippen LogP contribution in [-0.2, 0) is 16.6 Å². The van der Waals surface area contributed by atoms with Crippen molar-refractivity contribution in [3.8, 4) is 17.2 Å². The fourth-order valence-electron chi connectivity index (χ4n) is 2.68. The van der Waals surface area contributed by atoms with Gasteiger partial charge in [0.25, 0.3) is 0 Å². The Labute approximate surface area is 141 Å². The van der Waals surface area contributed by atoms with E-state index in [1.54, 1.807) is 24.3 Å². The third-order valence-electron chi connectivity index (χ3n) is 3.78. The van der Waals surface area contributed by atoms with Crippen molar-refractivity contribution in [2.24, 2.45) is 0 Å². The Morgan fingerprint density at radius 3 is 2.62 bits per heavy atom. The zero-order valence-corrected chi connectivity index (χ0v) is 14.6. The van der Waals surface area contributed by atoms with E-state index in [4.69, 9.17) is 14.2 Å². The maximum absolute atomic E-state index is 12.7. The second-order valence-corrected chi connectivity index (χ2v) is 7.36. The van der Waals surface area contributed by atoms with Crippen LogP contribution in [0.3, 0.4) is 0 Å². The highest BCUT2D eigenvalue weighted by Crippen LogP contribution is 2.33. The van der Waals surface area contributed by atoms with Crippen LogP contribution in [0.25, 0.3) is 0 Å². The first-order valence-electron chi connectivity index (χ1n) is 7.44. The molecule has 0 radical (unpaired) electrons. The summed E-state index contributed by atoms with van der Waals surface area (Å²) in [5.74, 6) is 1.65. The van der Waals surface area contributed by atoms with Crippen molar-refractivity contribution in [2.75, 3.05) is 13.9 Å². The highest BCUT2D eigenvalue weighted by Gasteiger charge is 2.22. The van der Waals surface area contributed by atoms with Crippen molar-refractivity contribution in [2.45, 2.75) is 25.3 Å². The molecular weight excluding hydrogens is 330 g/mol. The third-order valence-corrected chi connectivity index (χ3v) is 5.19. The fraction of sp³-hybridized carbons (Fsp3) is 0.294. The molecule has 0 amide bonds. The molecule has 1 heterocycles. The summed E-state index contributed by atoms with van der Waals surface area (Å²) in [5, 5.41) is 0. The first-order chi connectivity index (χ1) is 11.4. The number of hydrogen-bond donors (Lipinski definition) is 1. The number of rotatable bonds is 5. The molecule has 7 heteroatoms. The van der Waals surface area contributed by atoms with E-state index in [-0.39, 0.29) is 18.2 Å². The van der Waals surface area contributed by atoms with Gasteiger partial charge < -0.3 is 14.2 Å². The summed E-state index contributed by atoms with van der Waals surface area (Å²) in [4.78, 5) is 0.142. The van der Waals surface area contributed by atoms with Crippen LogP contribution in [-0.4, -0.2) is 22.3 Å². The molecule has 0 aliphatic carbocycles. The zero-order valence-electron chi connectivity index (χ0n) is 13.8. The molecule has 0 fully saturated rings. The summed E-state index contributed by atoms with van der Waals surface area (Å²) < 4.78 is 43.8. The van der Waals surface area contributed by atoms with Crippen molar-refractivity contribution in [1.29, 1.82) is 0 Å². The van der Waals surface area contributed by atoms with E-state index in [0.717, 1.165) is 16.7 Å². The van der Waals surface area contributed by atoms with E-state index in [1.807, 2.05) is 19.9 Å². The standard InChI is InChI=1S/C17H19NO5S/c1-11-6-12(2)17(21-3)16(7-11)24(19,20)18-9-13-4-5-14-15(8-13)23-10-22-14/h4-8,18H,9-10H2,1-3H3. The van der Waals surface area contributed by atoms with Gasteiger partial charge in [0.15, 0.2) is 11.5 Å². The normalized spacial score (nSPS) is 13.1. The molecular formula is C17H19NO5S. The quantitative estimate of drug-likeness (QED) is 0.898. The molecule has 2 aromatic rings.